The third-order valence-corrected chi connectivity index (χ3v) is 6.15. The number of hydrogen-bond donors (Lipinski definition) is 1. The van der Waals surface area contributed by atoms with Gasteiger partial charge in [0.2, 0.25) is 10.0 Å². The summed E-state index contributed by atoms with van der Waals surface area (Å²) in [4.78, 5) is 0.359. The quantitative estimate of drug-likeness (QED) is 0.917. The van der Waals surface area contributed by atoms with Crippen LogP contribution in [-0.4, -0.2) is 38.9 Å². The van der Waals surface area contributed by atoms with Crippen molar-refractivity contribution in [2.75, 3.05) is 20.1 Å². The molecule has 0 bridgehead atoms. The van der Waals surface area contributed by atoms with Crippen molar-refractivity contribution >= 4 is 26.0 Å². The Labute approximate surface area is 117 Å². The molecule has 4 nitrogen and oxygen atoms in total. The van der Waals surface area contributed by atoms with Gasteiger partial charge in [0, 0.05) is 24.1 Å². The molecular weight excluding hydrogens is 316 g/mol. The smallest absolute Gasteiger partial charge is 0.243 e. The van der Waals surface area contributed by atoms with E-state index in [9.17, 15) is 8.42 Å². The van der Waals surface area contributed by atoms with E-state index >= 15 is 0 Å². The average molecular weight is 333 g/mol. The van der Waals surface area contributed by atoms with E-state index in [0.29, 0.717) is 4.90 Å². The minimum atomic E-state index is -3.39. The van der Waals surface area contributed by atoms with E-state index in [-0.39, 0.29) is 6.04 Å². The van der Waals surface area contributed by atoms with Crippen LogP contribution < -0.4 is 5.32 Å². The number of hydrogen-bond acceptors (Lipinski definition) is 3. The van der Waals surface area contributed by atoms with E-state index in [4.69, 9.17) is 0 Å². The SMILES string of the molecule is Cc1cc(S(=O)(=O)N(C)[C@H]2CCNC2)ccc1Br. The summed E-state index contributed by atoms with van der Waals surface area (Å²) in [5.41, 5.74) is 0.925. The van der Waals surface area contributed by atoms with Crippen molar-refractivity contribution < 1.29 is 8.42 Å². The first kappa shape index (κ1) is 14.0. The van der Waals surface area contributed by atoms with Crippen LogP contribution in [-0.2, 0) is 10.0 Å². The maximum Gasteiger partial charge on any atom is 0.243 e. The molecule has 1 aromatic rings. The molecule has 0 amide bonds. The summed E-state index contributed by atoms with van der Waals surface area (Å²) in [6.07, 6.45) is 0.866. The van der Waals surface area contributed by atoms with E-state index in [0.717, 1.165) is 29.5 Å². The summed E-state index contributed by atoms with van der Waals surface area (Å²) in [5.74, 6) is 0. The van der Waals surface area contributed by atoms with Gasteiger partial charge in [0.15, 0.2) is 0 Å². The van der Waals surface area contributed by atoms with Gasteiger partial charge in [-0.1, -0.05) is 15.9 Å². The zero-order valence-corrected chi connectivity index (χ0v) is 12.9. The van der Waals surface area contributed by atoms with Gasteiger partial charge in [-0.25, -0.2) is 8.42 Å². The lowest BCUT2D eigenvalue weighted by atomic mass is 10.2. The first-order chi connectivity index (χ1) is 8.43. The molecular formula is C12H17BrN2O2S. The first-order valence-electron chi connectivity index (χ1n) is 5.88. The highest BCUT2D eigenvalue weighted by Crippen LogP contribution is 2.24. The molecule has 18 heavy (non-hydrogen) atoms. The second-order valence-electron chi connectivity index (χ2n) is 4.58. The van der Waals surface area contributed by atoms with Gasteiger partial charge in [0.05, 0.1) is 4.90 Å². The molecule has 1 aromatic carbocycles. The third-order valence-electron chi connectivity index (χ3n) is 3.35. The summed E-state index contributed by atoms with van der Waals surface area (Å²) >= 11 is 3.38. The minimum absolute atomic E-state index is 0.0546. The predicted molar refractivity (Wildman–Crippen MR) is 75.1 cm³/mol. The van der Waals surface area contributed by atoms with Crippen molar-refractivity contribution in [1.82, 2.24) is 9.62 Å². The lowest BCUT2D eigenvalue weighted by molar-refractivity contribution is 0.387. The molecule has 0 radical (unpaired) electrons. The van der Waals surface area contributed by atoms with Crippen molar-refractivity contribution in [1.29, 1.82) is 0 Å². The normalized spacial score (nSPS) is 20.6. The van der Waals surface area contributed by atoms with Gasteiger partial charge in [-0.2, -0.15) is 4.31 Å². The molecule has 100 valence electrons. The number of aryl methyl sites for hydroxylation is 1. The van der Waals surface area contributed by atoms with Crippen LogP contribution in [0, 0.1) is 6.92 Å². The van der Waals surface area contributed by atoms with Crippen molar-refractivity contribution in [3.05, 3.63) is 28.2 Å². The Hall–Kier alpha value is -0.430. The van der Waals surface area contributed by atoms with Crippen molar-refractivity contribution in [2.24, 2.45) is 0 Å². The van der Waals surface area contributed by atoms with Crippen LogP contribution in [0.3, 0.4) is 0 Å². The van der Waals surface area contributed by atoms with Crippen LogP contribution in [0.4, 0.5) is 0 Å². The summed E-state index contributed by atoms with van der Waals surface area (Å²) in [7, 11) is -1.73. The highest BCUT2D eigenvalue weighted by molar-refractivity contribution is 9.10. The van der Waals surface area contributed by atoms with Gasteiger partial charge in [-0.15, -0.1) is 0 Å². The molecule has 0 aromatic heterocycles. The Kier molecular flexibility index (Phi) is 4.11. The molecule has 1 atom stereocenters. The molecule has 1 aliphatic heterocycles. The molecule has 0 spiro atoms. The van der Waals surface area contributed by atoms with E-state index in [1.165, 1.54) is 4.31 Å². The Morgan fingerprint density at radius 2 is 2.17 bits per heavy atom. The lowest BCUT2D eigenvalue weighted by Crippen LogP contribution is -2.38. The molecule has 6 heteroatoms. The van der Waals surface area contributed by atoms with Crippen LogP contribution in [0.1, 0.15) is 12.0 Å². The van der Waals surface area contributed by atoms with Gasteiger partial charge in [-0.3, -0.25) is 0 Å². The predicted octanol–water partition coefficient (Wildman–Crippen LogP) is 1.74. The van der Waals surface area contributed by atoms with Gasteiger partial charge >= 0.3 is 0 Å². The van der Waals surface area contributed by atoms with Gasteiger partial charge in [0.1, 0.15) is 0 Å². The topological polar surface area (TPSA) is 49.4 Å². The van der Waals surface area contributed by atoms with Gasteiger partial charge < -0.3 is 5.32 Å². The monoisotopic (exact) mass is 332 g/mol. The van der Waals surface area contributed by atoms with E-state index in [1.54, 1.807) is 25.2 Å². The fourth-order valence-corrected chi connectivity index (χ4v) is 3.81. The number of nitrogens with one attached hydrogen (secondary N) is 1. The number of nitrogens with zero attached hydrogens (tertiary/aromatic N) is 1. The number of rotatable bonds is 3. The molecule has 2 rings (SSSR count). The number of benzene rings is 1. The first-order valence-corrected chi connectivity index (χ1v) is 8.11. The Morgan fingerprint density at radius 3 is 2.72 bits per heavy atom. The number of sulfonamides is 1. The van der Waals surface area contributed by atoms with Crippen LogP contribution >= 0.6 is 15.9 Å². The van der Waals surface area contributed by atoms with Crippen molar-refractivity contribution in [3.8, 4) is 0 Å². The van der Waals surface area contributed by atoms with E-state index in [2.05, 4.69) is 21.2 Å². The zero-order chi connectivity index (χ0) is 13.3. The van der Waals surface area contributed by atoms with Crippen LogP contribution in [0.15, 0.2) is 27.6 Å². The molecule has 1 N–H and O–H groups in total. The fourth-order valence-electron chi connectivity index (χ4n) is 2.09. The molecule has 0 unspecified atom stereocenters. The Balaban J connectivity index is 2.32. The average Bonchev–Trinajstić information content (AvgIpc) is 2.85. The highest BCUT2D eigenvalue weighted by Gasteiger charge is 2.29. The van der Waals surface area contributed by atoms with E-state index < -0.39 is 10.0 Å². The molecule has 1 aliphatic rings. The standard InChI is InChI=1S/C12H17BrN2O2S/c1-9-7-11(3-4-12(9)13)18(16,17)15(2)10-5-6-14-8-10/h3-4,7,10,14H,5-6,8H2,1-2H3/t10-/m0/s1. The lowest BCUT2D eigenvalue weighted by Gasteiger charge is -2.23. The van der Waals surface area contributed by atoms with Gasteiger partial charge in [-0.05, 0) is 43.7 Å². The van der Waals surface area contributed by atoms with Crippen LogP contribution in [0.25, 0.3) is 0 Å². The summed E-state index contributed by atoms with van der Waals surface area (Å²) in [5, 5.41) is 3.18. The molecule has 1 fully saturated rings. The minimum Gasteiger partial charge on any atom is -0.315 e. The third kappa shape index (κ3) is 2.61. The highest BCUT2D eigenvalue weighted by atomic mass is 79.9. The van der Waals surface area contributed by atoms with Gasteiger partial charge in [0.25, 0.3) is 0 Å². The maximum absolute atomic E-state index is 12.5. The Morgan fingerprint density at radius 1 is 1.44 bits per heavy atom. The van der Waals surface area contributed by atoms with Crippen molar-refractivity contribution in [2.45, 2.75) is 24.3 Å². The fraction of sp³-hybridized carbons (Fsp3) is 0.500. The number of likely N-dealkylation sites (N-methyl/N-ethyl adjacent to an activating group) is 1. The molecule has 1 saturated heterocycles. The number of halogens is 1. The van der Waals surface area contributed by atoms with Crippen LogP contribution in [0.2, 0.25) is 0 Å². The largest absolute Gasteiger partial charge is 0.315 e. The second kappa shape index (κ2) is 5.28. The summed E-state index contributed by atoms with van der Waals surface area (Å²) in [6.45, 7) is 3.50. The van der Waals surface area contributed by atoms with Crippen LogP contribution in [0.5, 0.6) is 0 Å². The Bertz CT molecular complexity index is 539. The summed E-state index contributed by atoms with van der Waals surface area (Å²) in [6, 6.07) is 5.19. The molecule has 0 saturated carbocycles. The second-order valence-corrected chi connectivity index (χ2v) is 7.43. The van der Waals surface area contributed by atoms with Crippen molar-refractivity contribution in [3.63, 3.8) is 0 Å². The maximum atomic E-state index is 12.5. The van der Waals surface area contributed by atoms with E-state index in [1.807, 2.05) is 6.92 Å². The summed E-state index contributed by atoms with van der Waals surface area (Å²) < 4.78 is 27.3. The zero-order valence-electron chi connectivity index (χ0n) is 10.5. The molecule has 0 aliphatic carbocycles. The molecule has 1 heterocycles.